The molecule has 0 unspecified atom stereocenters. The molecule has 1 saturated carbocycles. The highest BCUT2D eigenvalue weighted by Gasteiger charge is 2.27. The largest absolute Gasteiger partial charge is 0.491 e. The van der Waals surface area contributed by atoms with Crippen LogP contribution in [-0.4, -0.2) is 46.5 Å². The number of hydrogen-bond donors (Lipinski definition) is 1. The molecule has 154 valence electrons. The zero-order chi connectivity index (χ0) is 20.0. The zero-order valence-electron chi connectivity index (χ0n) is 17.6. The molecular weight excluding hydrogens is 360 g/mol. The maximum atomic E-state index is 11.9. The molecule has 2 rings (SSSR count). The number of methoxy groups -OCH3 is 1. The highest BCUT2D eigenvalue weighted by molar-refractivity contribution is 6.76. The molecule has 0 amide bonds. The Kier molecular flexibility index (Phi) is 8.06. The van der Waals surface area contributed by atoms with Crippen molar-refractivity contribution in [2.75, 3.05) is 32.6 Å². The van der Waals surface area contributed by atoms with Gasteiger partial charge >= 0.3 is 0 Å². The van der Waals surface area contributed by atoms with E-state index in [4.69, 9.17) is 9.57 Å². The van der Waals surface area contributed by atoms with Gasteiger partial charge in [0.2, 0.25) is 0 Å². The van der Waals surface area contributed by atoms with Gasteiger partial charge in [-0.2, -0.15) is 5.06 Å². The van der Waals surface area contributed by atoms with E-state index in [1.54, 1.807) is 0 Å². The van der Waals surface area contributed by atoms with Crippen molar-refractivity contribution >= 4 is 13.8 Å². The van der Waals surface area contributed by atoms with Gasteiger partial charge in [-0.3, -0.25) is 14.4 Å². The van der Waals surface area contributed by atoms with Crippen LogP contribution in [0.25, 0.3) is 0 Å². The molecule has 1 aliphatic carbocycles. The minimum atomic E-state index is -1.13. The highest BCUT2D eigenvalue weighted by atomic mass is 28.3. The van der Waals surface area contributed by atoms with Crippen molar-refractivity contribution in [2.24, 2.45) is 5.92 Å². The lowest BCUT2D eigenvalue weighted by molar-refractivity contribution is -0.137. The summed E-state index contributed by atoms with van der Waals surface area (Å²) in [5.41, 5.74) is -0.669. The first-order chi connectivity index (χ1) is 12.7. The number of likely N-dealkylation sites (N-methyl/N-ethyl adjacent to an activating group) is 1. The summed E-state index contributed by atoms with van der Waals surface area (Å²) in [5, 5.41) is 5.16. The normalized spacial score (nSPS) is 17.4. The van der Waals surface area contributed by atoms with Crippen LogP contribution in [0.1, 0.15) is 38.5 Å². The number of rotatable bonds is 11. The van der Waals surface area contributed by atoms with Crippen molar-refractivity contribution in [3.8, 4) is 5.75 Å². The molecule has 0 saturated heterocycles. The van der Waals surface area contributed by atoms with E-state index < -0.39 is 18.9 Å². The van der Waals surface area contributed by atoms with Gasteiger partial charge in [0.05, 0.1) is 13.7 Å². The van der Waals surface area contributed by atoms with Crippen molar-refractivity contribution in [1.29, 1.82) is 0 Å². The summed E-state index contributed by atoms with van der Waals surface area (Å²) in [7, 11) is 2.25. The van der Waals surface area contributed by atoms with Crippen molar-refractivity contribution in [3.63, 3.8) is 0 Å². The van der Waals surface area contributed by atoms with E-state index >= 15 is 0 Å². The number of hydrogen-bond acceptors (Lipinski definition) is 6. The van der Waals surface area contributed by atoms with Crippen LogP contribution in [-0.2, 0) is 4.84 Å². The van der Waals surface area contributed by atoms with E-state index in [2.05, 4.69) is 25.0 Å². The minimum Gasteiger partial charge on any atom is -0.491 e. The van der Waals surface area contributed by atoms with Gasteiger partial charge in [-0.05, 0) is 18.4 Å². The van der Waals surface area contributed by atoms with Crippen LogP contribution in [0.2, 0.25) is 25.7 Å². The monoisotopic (exact) mass is 396 g/mol. The van der Waals surface area contributed by atoms with Crippen LogP contribution < -0.4 is 20.9 Å². The smallest absolute Gasteiger partial charge is 0.271 e. The number of hydroxylamine groups is 2. The van der Waals surface area contributed by atoms with E-state index in [1.165, 1.54) is 39.2 Å². The Morgan fingerprint density at radius 3 is 2.41 bits per heavy atom. The molecule has 1 fully saturated rings. The Labute approximate surface area is 163 Å². The summed E-state index contributed by atoms with van der Waals surface area (Å²) in [5.74, 6) is 0.819. The first-order valence-electron chi connectivity index (χ1n) is 10.2. The zero-order valence-corrected chi connectivity index (χ0v) is 18.6. The first kappa shape index (κ1) is 22.1. The van der Waals surface area contributed by atoms with E-state index in [0.717, 1.165) is 19.1 Å². The molecule has 1 aromatic carbocycles. The molecule has 0 bridgehead atoms. The van der Waals surface area contributed by atoms with Crippen molar-refractivity contribution in [1.82, 2.24) is 5.06 Å². The van der Waals surface area contributed by atoms with Crippen molar-refractivity contribution in [3.05, 3.63) is 20.4 Å². The Hall–Kier alpha value is -1.18. The second-order valence-electron chi connectivity index (χ2n) is 9.10. The molecule has 27 heavy (non-hydrogen) atoms. The van der Waals surface area contributed by atoms with Crippen LogP contribution in [0, 0.1) is 5.92 Å². The van der Waals surface area contributed by atoms with Crippen molar-refractivity contribution in [2.45, 2.75) is 70.3 Å². The molecule has 1 N–H and O–H groups in total. The number of nitrogens with zero attached hydrogens (tertiary/aromatic N) is 1. The predicted octanol–water partition coefficient (Wildman–Crippen LogP) is 3.24. The summed E-state index contributed by atoms with van der Waals surface area (Å²) >= 11 is 0. The van der Waals surface area contributed by atoms with Crippen LogP contribution in [0.5, 0.6) is 5.75 Å². The van der Waals surface area contributed by atoms with E-state index in [0.29, 0.717) is 18.2 Å². The van der Waals surface area contributed by atoms with Crippen LogP contribution in [0.3, 0.4) is 0 Å². The third kappa shape index (κ3) is 6.73. The Morgan fingerprint density at radius 2 is 1.81 bits per heavy atom. The molecule has 1 aromatic rings. The number of anilines is 1. The van der Waals surface area contributed by atoms with Gasteiger partial charge in [-0.15, -0.1) is 0 Å². The Morgan fingerprint density at radius 1 is 1.15 bits per heavy atom. The summed E-state index contributed by atoms with van der Waals surface area (Å²) < 4.78 is 5.09. The van der Waals surface area contributed by atoms with Crippen LogP contribution in [0.4, 0.5) is 5.69 Å². The molecule has 1 atom stereocenters. The van der Waals surface area contributed by atoms with Gasteiger partial charge in [0.15, 0.2) is 5.75 Å². The SMILES string of the molecule is COc1c(N[C@@H](CC2CCCCC2)CN(C)OCC[Si](C)(C)C)c(=O)c1=O. The topological polar surface area (TPSA) is 67.9 Å². The fourth-order valence-corrected chi connectivity index (χ4v) is 4.48. The lowest BCUT2D eigenvalue weighted by atomic mass is 9.84. The lowest BCUT2D eigenvalue weighted by Crippen LogP contribution is -2.42. The van der Waals surface area contributed by atoms with Gasteiger partial charge < -0.3 is 10.1 Å². The Balaban J connectivity index is 1.97. The van der Waals surface area contributed by atoms with E-state index in [9.17, 15) is 9.59 Å². The second-order valence-corrected chi connectivity index (χ2v) is 14.7. The summed E-state index contributed by atoms with van der Waals surface area (Å²) in [4.78, 5) is 29.5. The fourth-order valence-electron chi connectivity index (χ4n) is 3.78. The maximum Gasteiger partial charge on any atom is 0.271 e. The van der Waals surface area contributed by atoms with Gasteiger partial charge in [0, 0.05) is 27.7 Å². The molecule has 0 radical (unpaired) electrons. The molecule has 6 nitrogen and oxygen atoms in total. The second kappa shape index (κ2) is 9.84. The summed E-state index contributed by atoms with van der Waals surface area (Å²) in [6, 6.07) is 1.17. The average molecular weight is 397 g/mol. The van der Waals surface area contributed by atoms with Crippen LogP contribution >= 0.6 is 0 Å². The van der Waals surface area contributed by atoms with Gasteiger partial charge in [0.25, 0.3) is 10.9 Å². The molecular formula is C20H36N2O4Si. The highest BCUT2D eigenvalue weighted by Crippen LogP contribution is 2.29. The first-order valence-corrected chi connectivity index (χ1v) is 13.9. The van der Waals surface area contributed by atoms with Gasteiger partial charge in [0.1, 0.15) is 5.69 Å². The van der Waals surface area contributed by atoms with E-state index in [-0.39, 0.29) is 11.8 Å². The molecule has 0 aromatic heterocycles. The van der Waals surface area contributed by atoms with Gasteiger partial charge in [-0.1, -0.05) is 51.7 Å². The molecule has 7 heteroatoms. The molecule has 0 aliphatic heterocycles. The number of nitrogens with one attached hydrogen (secondary N) is 1. The Bertz CT molecular complexity index is 658. The standard InChI is InChI=1S/C20H36N2O4Si/c1-22(26-11-12-27(3,4)5)14-16(13-15-9-7-6-8-10-15)21-17-18(23)19(24)20(17)25-2/h15-16,21H,6-14H2,1-5H3/t16-/m0/s1. The lowest BCUT2D eigenvalue weighted by Gasteiger charge is -2.31. The van der Waals surface area contributed by atoms with E-state index in [1.807, 2.05) is 12.1 Å². The maximum absolute atomic E-state index is 11.9. The third-order valence-electron chi connectivity index (χ3n) is 5.40. The quantitative estimate of drug-likeness (QED) is 0.352. The minimum absolute atomic E-state index is 0.0576. The fraction of sp³-hybridized carbons (Fsp3) is 0.800. The predicted molar refractivity (Wildman–Crippen MR) is 113 cm³/mol. The summed E-state index contributed by atoms with van der Waals surface area (Å²) in [6.07, 6.45) is 7.33. The molecule has 0 spiro atoms. The summed E-state index contributed by atoms with van der Waals surface area (Å²) in [6.45, 7) is 8.40. The molecule has 0 heterocycles. The van der Waals surface area contributed by atoms with Crippen LogP contribution in [0.15, 0.2) is 9.59 Å². The third-order valence-corrected chi connectivity index (χ3v) is 7.11. The number of ether oxygens (including phenoxy) is 1. The molecule has 1 aliphatic rings. The van der Waals surface area contributed by atoms with Gasteiger partial charge in [-0.25, -0.2) is 0 Å². The average Bonchev–Trinajstić information content (AvgIpc) is 2.60. The van der Waals surface area contributed by atoms with Crippen molar-refractivity contribution < 1.29 is 9.57 Å².